The van der Waals surface area contributed by atoms with E-state index in [1.807, 2.05) is 22.6 Å². The van der Waals surface area contributed by atoms with E-state index in [1.54, 1.807) is 6.07 Å². The zero-order valence-corrected chi connectivity index (χ0v) is 12.2. The van der Waals surface area contributed by atoms with Crippen molar-refractivity contribution in [3.05, 3.63) is 21.5 Å². The molecule has 1 aliphatic heterocycles. The number of anilines is 2. The van der Waals surface area contributed by atoms with Gasteiger partial charge in [0.25, 0.3) is 0 Å². The molecule has 0 aliphatic carbocycles. The van der Waals surface area contributed by atoms with E-state index in [-0.39, 0.29) is 5.82 Å². The molecule has 1 fully saturated rings. The third-order valence-electron chi connectivity index (χ3n) is 2.94. The second-order valence-electron chi connectivity index (χ2n) is 4.23. The van der Waals surface area contributed by atoms with E-state index in [0.29, 0.717) is 14.9 Å². The van der Waals surface area contributed by atoms with Crippen LogP contribution in [0.25, 0.3) is 0 Å². The summed E-state index contributed by atoms with van der Waals surface area (Å²) in [6.45, 7) is 5.16. The Morgan fingerprint density at radius 3 is 2.83 bits per heavy atom. The van der Waals surface area contributed by atoms with Crippen molar-refractivity contribution >= 4 is 34.0 Å². The van der Waals surface area contributed by atoms with Crippen molar-refractivity contribution in [1.29, 1.82) is 0 Å². The van der Waals surface area contributed by atoms with Gasteiger partial charge in [-0.15, -0.1) is 0 Å². The maximum absolute atomic E-state index is 13.4. The lowest BCUT2D eigenvalue weighted by Gasteiger charge is -2.26. The Balaban J connectivity index is 1.84. The molecule has 1 heterocycles. The van der Waals surface area contributed by atoms with Crippen molar-refractivity contribution in [1.82, 2.24) is 4.90 Å². The maximum Gasteiger partial charge on any atom is 0.138 e. The molecule has 6 heteroatoms. The summed E-state index contributed by atoms with van der Waals surface area (Å²) in [6, 6.07) is 3.10. The van der Waals surface area contributed by atoms with Crippen LogP contribution in [0.2, 0.25) is 0 Å². The highest BCUT2D eigenvalue weighted by atomic mass is 127. The van der Waals surface area contributed by atoms with Crippen LogP contribution in [-0.4, -0.2) is 44.3 Å². The first-order valence-electron chi connectivity index (χ1n) is 5.95. The van der Waals surface area contributed by atoms with Crippen molar-refractivity contribution in [3.8, 4) is 0 Å². The minimum atomic E-state index is -0.237. The fourth-order valence-electron chi connectivity index (χ4n) is 1.89. The van der Waals surface area contributed by atoms with Gasteiger partial charge < -0.3 is 15.8 Å². The Kier molecular flexibility index (Phi) is 5.02. The molecular weight excluding hydrogens is 348 g/mol. The molecule has 3 N–H and O–H groups in total. The van der Waals surface area contributed by atoms with E-state index < -0.39 is 0 Å². The van der Waals surface area contributed by atoms with Gasteiger partial charge in [-0.1, -0.05) is 0 Å². The highest BCUT2D eigenvalue weighted by Crippen LogP contribution is 2.23. The van der Waals surface area contributed by atoms with Crippen LogP contribution in [0.1, 0.15) is 0 Å². The Bertz CT molecular complexity index is 411. The molecule has 1 aromatic carbocycles. The largest absolute Gasteiger partial charge is 0.397 e. The molecule has 0 bridgehead atoms. The summed E-state index contributed by atoms with van der Waals surface area (Å²) < 4.78 is 19.2. The van der Waals surface area contributed by atoms with Gasteiger partial charge in [0.15, 0.2) is 0 Å². The summed E-state index contributed by atoms with van der Waals surface area (Å²) in [6.07, 6.45) is 0. The van der Waals surface area contributed by atoms with Crippen LogP contribution in [0, 0.1) is 9.39 Å². The number of halogens is 2. The van der Waals surface area contributed by atoms with Crippen LogP contribution in [0.5, 0.6) is 0 Å². The Labute approximate surface area is 120 Å². The number of nitrogens with one attached hydrogen (secondary N) is 1. The standard InChI is InChI=1S/C12H17FIN3O/c13-9-7-12(11(15)8-10(9)14)16-1-2-17-3-5-18-6-4-17/h7-8,16H,1-6,15H2. The quantitative estimate of drug-likeness (QED) is 0.631. The van der Waals surface area contributed by atoms with Gasteiger partial charge in [-0.25, -0.2) is 4.39 Å². The molecule has 1 aromatic rings. The molecule has 1 saturated heterocycles. The van der Waals surface area contributed by atoms with Gasteiger partial charge in [0.1, 0.15) is 5.82 Å². The zero-order chi connectivity index (χ0) is 13.0. The number of nitrogens with zero attached hydrogens (tertiary/aromatic N) is 1. The molecule has 0 aromatic heterocycles. The molecular formula is C12H17FIN3O. The molecule has 100 valence electrons. The Morgan fingerprint density at radius 2 is 2.11 bits per heavy atom. The van der Waals surface area contributed by atoms with Gasteiger partial charge in [-0.2, -0.15) is 0 Å². The van der Waals surface area contributed by atoms with Crippen molar-refractivity contribution in [2.45, 2.75) is 0 Å². The first kappa shape index (κ1) is 13.8. The topological polar surface area (TPSA) is 50.5 Å². The van der Waals surface area contributed by atoms with E-state index >= 15 is 0 Å². The van der Waals surface area contributed by atoms with Crippen LogP contribution >= 0.6 is 22.6 Å². The number of nitrogens with two attached hydrogens (primary N) is 1. The summed E-state index contributed by atoms with van der Waals surface area (Å²) >= 11 is 1.93. The van der Waals surface area contributed by atoms with Gasteiger partial charge >= 0.3 is 0 Å². The number of hydrogen-bond donors (Lipinski definition) is 2. The molecule has 0 spiro atoms. The summed E-state index contributed by atoms with van der Waals surface area (Å²) in [5.41, 5.74) is 7.10. The van der Waals surface area contributed by atoms with Crippen molar-refractivity contribution in [2.24, 2.45) is 0 Å². The van der Waals surface area contributed by atoms with Crippen molar-refractivity contribution in [3.63, 3.8) is 0 Å². The van der Waals surface area contributed by atoms with E-state index in [4.69, 9.17) is 10.5 Å². The van der Waals surface area contributed by atoms with Crippen LogP contribution in [0.3, 0.4) is 0 Å². The summed E-state index contributed by atoms with van der Waals surface area (Å²) in [7, 11) is 0. The van der Waals surface area contributed by atoms with E-state index in [0.717, 1.165) is 39.4 Å². The Hall–Kier alpha value is -0.600. The van der Waals surface area contributed by atoms with Crippen LogP contribution in [0.4, 0.5) is 15.8 Å². The Morgan fingerprint density at radius 1 is 1.39 bits per heavy atom. The van der Waals surface area contributed by atoms with Crippen LogP contribution in [-0.2, 0) is 4.74 Å². The predicted octanol–water partition coefficient (Wildman–Crippen LogP) is 1.76. The van der Waals surface area contributed by atoms with Gasteiger partial charge in [0.05, 0.1) is 28.2 Å². The van der Waals surface area contributed by atoms with E-state index in [1.165, 1.54) is 6.07 Å². The first-order chi connectivity index (χ1) is 8.66. The SMILES string of the molecule is Nc1cc(I)c(F)cc1NCCN1CCOCC1. The highest BCUT2D eigenvalue weighted by Gasteiger charge is 2.10. The number of hydrogen-bond acceptors (Lipinski definition) is 4. The average molecular weight is 365 g/mol. The lowest BCUT2D eigenvalue weighted by Crippen LogP contribution is -2.39. The monoisotopic (exact) mass is 365 g/mol. The van der Waals surface area contributed by atoms with Crippen LogP contribution < -0.4 is 11.1 Å². The number of nitrogen functional groups attached to an aromatic ring is 1. The number of benzene rings is 1. The third-order valence-corrected chi connectivity index (χ3v) is 3.77. The molecule has 0 amide bonds. The van der Waals surface area contributed by atoms with Crippen molar-refractivity contribution in [2.75, 3.05) is 50.4 Å². The van der Waals surface area contributed by atoms with Gasteiger partial charge in [-0.05, 0) is 28.7 Å². The number of ether oxygens (including phenoxy) is 1. The fourth-order valence-corrected chi connectivity index (χ4v) is 2.38. The number of rotatable bonds is 4. The fraction of sp³-hybridized carbons (Fsp3) is 0.500. The minimum absolute atomic E-state index is 0.237. The van der Waals surface area contributed by atoms with Crippen LogP contribution in [0.15, 0.2) is 12.1 Å². The summed E-state index contributed by atoms with van der Waals surface area (Å²) in [4.78, 5) is 2.32. The average Bonchev–Trinajstić information content (AvgIpc) is 2.37. The zero-order valence-electron chi connectivity index (χ0n) is 10.1. The predicted molar refractivity (Wildman–Crippen MR) is 79.3 cm³/mol. The van der Waals surface area contributed by atoms with E-state index in [2.05, 4.69) is 10.2 Å². The molecule has 0 saturated carbocycles. The lowest BCUT2D eigenvalue weighted by molar-refractivity contribution is 0.0398. The van der Waals surface area contributed by atoms with Gasteiger partial charge in [-0.3, -0.25) is 4.90 Å². The molecule has 4 nitrogen and oxygen atoms in total. The lowest BCUT2D eigenvalue weighted by atomic mass is 10.2. The molecule has 1 aliphatic rings. The summed E-state index contributed by atoms with van der Waals surface area (Å²) in [5, 5.41) is 3.18. The van der Waals surface area contributed by atoms with E-state index in [9.17, 15) is 4.39 Å². The molecule has 18 heavy (non-hydrogen) atoms. The smallest absolute Gasteiger partial charge is 0.138 e. The maximum atomic E-state index is 13.4. The molecule has 0 unspecified atom stereocenters. The third kappa shape index (κ3) is 3.69. The van der Waals surface area contributed by atoms with Gasteiger partial charge in [0.2, 0.25) is 0 Å². The second kappa shape index (κ2) is 6.53. The van der Waals surface area contributed by atoms with Gasteiger partial charge in [0, 0.05) is 32.2 Å². The molecule has 0 atom stereocenters. The second-order valence-corrected chi connectivity index (χ2v) is 5.40. The normalized spacial score (nSPS) is 16.8. The first-order valence-corrected chi connectivity index (χ1v) is 7.03. The number of morpholine rings is 1. The minimum Gasteiger partial charge on any atom is -0.397 e. The molecule has 2 rings (SSSR count). The molecule has 0 radical (unpaired) electrons. The van der Waals surface area contributed by atoms with Crippen molar-refractivity contribution < 1.29 is 9.13 Å². The summed E-state index contributed by atoms with van der Waals surface area (Å²) in [5.74, 6) is -0.237. The highest BCUT2D eigenvalue weighted by molar-refractivity contribution is 14.1.